The van der Waals surface area contributed by atoms with Gasteiger partial charge >= 0.3 is 0 Å². The zero-order valence-corrected chi connectivity index (χ0v) is 19.8. The molecule has 1 aliphatic heterocycles. The Kier molecular flexibility index (Phi) is 8.15. The first-order chi connectivity index (χ1) is 12.6. The number of rotatable bonds is 8. The molecule has 0 radical (unpaired) electrons. The highest BCUT2D eigenvalue weighted by atomic mass is 16.2. The van der Waals surface area contributed by atoms with Crippen LogP contribution in [0.15, 0.2) is 0 Å². The van der Waals surface area contributed by atoms with Crippen LogP contribution in [0.1, 0.15) is 88.0 Å². The molecular weight excluding hydrogens is 350 g/mol. The molecule has 1 saturated heterocycles. The second kappa shape index (κ2) is 9.15. The molecule has 2 amide bonds. The highest BCUT2D eigenvalue weighted by Crippen LogP contribution is 2.44. The molecule has 1 heterocycles. The monoisotopic (exact) mass is 395 g/mol. The summed E-state index contributed by atoms with van der Waals surface area (Å²) in [6.45, 7) is 20.0. The Morgan fingerprint density at radius 1 is 1.18 bits per heavy atom. The first-order valence-electron chi connectivity index (χ1n) is 11.0. The van der Waals surface area contributed by atoms with Gasteiger partial charge in [0.1, 0.15) is 6.04 Å². The Morgan fingerprint density at radius 2 is 1.75 bits per heavy atom. The lowest BCUT2D eigenvalue weighted by Crippen LogP contribution is -2.62. The van der Waals surface area contributed by atoms with Crippen molar-refractivity contribution in [1.82, 2.24) is 10.2 Å². The largest absolute Gasteiger partial charge is 0.354 e. The number of likely N-dealkylation sites (tertiary alicyclic amines) is 1. The summed E-state index contributed by atoms with van der Waals surface area (Å²) in [6.07, 6.45) is 3.72. The van der Waals surface area contributed by atoms with E-state index in [9.17, 15) is 9.59 Å². The van der Waals surface area contributed by atoms with E-state index in [1.807, 2.05) is 39.5 Å². The van der Waals surface area contributed by atoms with Crippen LogP contribution in [0.3, 0.4) is 0 Å². The first kappa shape index (κ1) is 24.9. The molecule has 0 aromatic carbocycles. The fourth-order valence-corrected chi connectivity index (χ4v) is 3.86. The number of piperidine rings is 1. The highest BCUT2D eigenvalue weighted by molar-refractivity contribution is 5.90. The third-order valence-electron chi connectivity index (χ3n) is 7.17. The molecule has 1 aliphatic rings. The molecule has 0 aromatic heterocycles. The zero-order chi connectivity index (χ0) is 21.9. The van der Waals surface area contributed by atoms with Crippen LogP contribution in [0.4, 0.5) is 0 Å². The normalized spacial score (nSPS) is 21.5. The number of amides is 2. The number of nitrogens with two attached hydrogens (primary N) is 1. The van der Waals surface area contributed by atoms with E-state index < -0.39 is 5.41 Å². The van der Waals surface area contributed by atoms with Gasteiger partial charge in [-0.25, -0.2) is 0 Å². The molecule has 0 aliphatic carbocycles. The Morgan fingerprint density at radius 3 is 2.25 bits per heavy atom. The minimum atomic E-state index is -0.662. The predicted octanol–water partition coefficient (Wildman–Crippen LogP) is 3.96. The average Bonchev–Trinajstić information content (AvgIpc) is 2.56. The number of hydrogen-bond donors (Lipinski definition) is 2. The second-order valence-corrected chi connectivity index (χ2v) is 11.1. The lowest BCUT2D eigenvalue weighted by atomic mass is 9.63. The molecular formula is C23H45N3O2. The van der Waals surface area contributed by atoms with E-state index in [2.05, 4.69) is 33.0 Å². The summed E-state index contributed by atoms with van der Waals surface area (Å²) in [4.78, 5) is 28.5. The minimum absolute atomic E-state index is 0.0120. The maximum absolute atomic E-state index is 13.7. The average molecular weight is 396 g/mol. The Hall–Kier alpha value is -1.10. The van der Waals surface area contributed by atoms with Crippen molar-refractivity contribution in [1.29, 1.82) is 0 Å². The van der Waals surface area contributed by atoms with Crippen molar-refractivity contribution in [3.8, 4) is 0 Å². The van der Waals surface area contributed by atoms with Crippen molar-refractivity contribution in [2.45, 2.75) is 100 Å². The van der Waals surface area contributed by atoms with Gasteiger partial charge in [-0.3, -0.25) is 9.59 Å². The van der Waals surface area contributed by atoms with Crippen LogP contribution in [0.2, 0.25) is 0 Å². The zero-order valence-electron chi connectivity index (χ0n) is 19.8. The standard InChI is InChI=1S/C23H45N3O2/c1-16(2)11-10-14-25-19(27)18-12-13-21(4,5)15-26(18)20(28)23(8,9)22(6,7)17(3)24/h16-18H,10-15,24H2,1-9H3,(H,25,27). The van der Waals surface area contributed by atoms with Gasteiger partial charge in [0.25, 0.3) is 0 Å². The van der Waals surface area contributed by atoms with Gasteiger partial charge in [0, 0.05) is 19.1 Å². The van der Waals surface area contributed by atoms with E-state index in [1.54, 1.807) is 0 Å². The third-order valence-corrected chi connectivity index (χ3v) is 7.17. The molecule has 2 unspecified atom stereocenters. The third kappa shape index (κ3) is 5.71. The molecule has 5 nitrogen and oxygen atoms in total. The van der Waals surface area contributed by atoms with Crippen LogP contribution in [0.25, 0.3) is 0 Å². The Labute approximate surface area is 173 Å². The topological polar surface area (TPSA) is 75.4 Å². The van der Waals surface area contributed by atoms with Gasteiger partial charge in [-0.15, -0.1) is 0 Å². The van der Waals surface area contributed by atoms with E-state index in [0.717, 1.165) is 19.3 Å². The van der Waals surface area contributed by atoms with E-state index >= 15 is 0 Å². The SMILES string of the molecule is CC(C)CCCNC(=O)C1CCC(C)(C)CN1C(=O)C(C)(C)C(C)(C)C(C)N. The molecule has 5 heteroatoms. The molecule has 2 atom stereocenters. The number of nitrogens with one attached hydrogen (secondary N) is 1. The fourth-order valence-electron chi connectivity index (χ4n) is 3.86. The summed E-state index contributed by atoms with van der Waals surface area (Å²) >= 11 is 0. The predicted molar refractivity (Wildman–Crippen MR) is 117 cm³/mol. The first-order valence-corrected chi connectivity index (χ1v) is 11.0. The molecule has 0 aromatic rings. The van der Waals surface area contributed by atoms with E-state index in [0.29, 0.717) is 25.4 Å². The van der Waals surface area contributed by atoms with Crippen LogP contribution in [0.5, 0.6) is 0 Å². The lowest BCUT2D eigenvalue weighted by Gasteiger charge is -2.50. The molecule has 0 bridgehead atoms. The van der Waals surface area contributed by atoms with Crippen molar-refractivity contribution in [2.24, 2.45) is 27.9 Å². The molecule has 3 N–H and O–H groups in total. The molecule has 164 valence electrons. The van der Waals surface area contributed by atoms with Gasteiger partial charge < -0.3 is 16.0 Å². The van der Waals surface area contributed by atoms with Crippen LogP contribution >= 0.6 is 0 Å². The summed E-state index contributed by atoms with van der Waals surface area (Å²) in [5.41, 5.74) is 5.19. The molecule has 28 heavy (non-hydrogen) atoms. The number of hydrogen-bond acceptors (Lipinski definition) is 3. The van der Waals surface area contributed by atoms with Gasteiger partial charge in [-0.05, 0) is 49.4 Å². The van der Waals surface area contributed by atoms with Crippen molar-refractivity contribution < 1.29 is 9.59 Å². The Balaban J connectivity index is 3.01. The van der Waals surface area contributed by atoms with Crippen molar-refractivity contribution in [2.75, 3.05) is 13.1 Å². The lowest BCUT2D eigenvalue weighted by molar-refractivity contribution is -0.158. The molecule has 0 spiro atoms. The van der Waals surface area contributed by atoms with Crippen molar-refractivity contribution in [3.05, 3.63) is 0 Å². The number of carbonyl (C=O) groups excluding carboxylic acids is 2. The molecule has 0 saturated carbocycles. The van der Waals surface area contributed by atoms with Gasteiger partial charge in [0.15, 0.2) is 0 Å². The second-order valence-electron chi connectivity index (χ2n) is 11.1. The smallest absolute Gasteiger partial charge is 0.242 e. The summed E-state index contributed by atoms with van der Waals surface area (Å²) < 4.78 is 0. The van der Waals surface area contributed by atoms with Crippen LogP contribution in [-0.4, -0.2) is 41.9 Å². The minimum Gasteiger partial charge on any atom is -0.354 e. The van der Waals surface area contributed by atoms with Crippen LogP contribution < -0.4 is 11.1 Å². The molecule has 1 rings (SSSR count). The van der Waals surface area contributed by atoms with E-state index in [4.69, 9.17) is 5.73 Å². The highest BCUT2D eigenvalue weighted by Gasteiger charge is 2.50. The van der Waals surface area contributed by atoms with Crippen LogP contribution in [-0.2, 0) is 9.59 Å². The van der Waals surface area contributed by atoms with Crippen LogP contribution in [0, 0.1) is 22.2 Å². The van der Waals surface area contributed by atoms with Gasteiger partial charge in [-0.2, -0.15) is 0 Å². The number of nitrogens with zero attached hydrogens (tertiary/aromatic N) is 1. The quantitative estimate of drug-likeness (QED) is 0.611. The summed E-state index contributed by atoms with van der Waals surface area (Å²) in [5, 5.41) is 3.08. The van der Waals surface area contributed by atoms with Gasteiger partial charge in [0.2, 0.25) is 11.8 Å². The summed E-state index contributed by atoms with van der Waals surface area (Å²) in [5.74, 6) is 0.652. The Bertz CT molecular complexity index is 550. The maximum Gasteiger partial charge on any atom is 0.242 e. The van der Waals surface area contributed by atoms with Gasteiger partial charge in [0.05, 0.1) is 5.41 Å². The van der Waals surface area contributed by atoms with Crippen molar-refractivity contribution in [3.63, 3.8) is 0 Å². The van der Waals surface area contributed by atoms with E-state index in [1.165, 1.54) is 0 Å². The molecule has 1 fully saturated rings. The maximum atomic E-state index is 13.7. The van der Waals surface area contributed by atoms with Gasteiger partial charge in [-0.1, -0.05) is 55.4 Å². The summed E-state index contributed by atoms with van der Waals surface area (Å²) in [7, 11) is 0. The fraction of sp³-hybridized carbons (Fsp3) is 0.913. The van der Waals surface area contributed by atoms with Crippen molar-refractivity contribution >= 4 is 11.8 Å². The van der Waals surface area contributed by atoms with E-state index in [-0.39, 0.29) is 34.7 Å². The number of carbonyl (C=O) groups is 2. The summed E-state index contributed by atoms with van der Waals surface area (Å²) in [6, 6.07) is -0.518.